The number of methoxy groups -OCH3 is 1. The van der Waals surface area contributed by atoms with Crippen LogP contribution in [0.4, 0.5) is 0 Å². The first-order valence-electron chi connectivity index (χ1n) is 7.46. The quantitative estimate of drug-likeness (QED) is 0.814. The van der Waals surface area contributed by atoms with Crippen molar-refractivity contribution in [2.45, 2.75) is 13.5 Å². The molecule has 5 nitrogen and oxygen atoms in total. The van der Waals surface area contributed by atoms with Gasteiger partial charge < -0.3 is 19.5 Å². The molecule has 0 aromatic heterocycles. The van der Waals surface area contributed by atoms with Crippen LogP contribution in [0.15, 0.2) is 48.5 Å². The number of rotatable bonds is 8. The Morgan fingerprint density at radius 3 is 2.09 bits per heavy atom. The van der Waals surface area contributed by atoms with Crippen molar-refractivity contribution in [3.05, 3.63) is 54.1 Å². The van der Waals surface area contributed by atoms with Gasteiger partial charge in [-0.05, 0) is 48.9 Å². The lowest BCUT2D eigenvalue weighted by Crippen LogP contribution is -2.28. The van der Waals surface area contributed by atoms with Crippen molar-refractivity contribution < 1.29 is 19.0 Å². The first-order chi connectivity index (χ1) is 11.2. The van der Waals surface area contributed by atoms with E-state index in [0.717, 1.165) is 17.1 Å². The molecule has 0 fully saturated rings. The van der Waals surface area contributed by atoms with E-state index in [1.54, 1.807) is 31.4 Å². The Balaban J connectivity index is 1.73. The van der Waals surface area contributed by atoms with Gasteiger partial charge in [0.2, 0.25) is 0 Å². The van der Waals surface area contributed by atoms with Gasteiger partial charge in [0.05, 0.1) is 13.7 Å². The highest BCUT2D eigenvalue weighted by Gasteiger charge is 2.03. The number of nitrogens with one attached hydrogen (secondary N) is 1. The van der Waals surface area contributed by atoms with Crippen molar-refractivity contribution in [1.29, 1.82) is 0 Å². The molecule has 1 amide bonds. The fourth-order valence-electron chi connectivity index (χ4n) is 1.94. The predicted molar refractivity (Wildman–Crippen MR) is 87.9 cm³/mol. The van der Waals surface area contributed by atoms with E-state index >= 15 is 0 Å². The number of amides is 1. The average Bonchev–Trinajstić information content (AvgIpc) is 2.60. The van der Waals surface area contributed by atoms with Crippen LogP contribution < -0.4 is 19.5 Å². The molecule has 0 spiro atoms. The van der Waals surface area contributed by atoms with Crippen molar-refractivity contribution in [3.63, 3.8) is 0 Å². The van der Waals surface area contributed by atoms with Crippen LogP contribution in [0.3, 0.4) is 0 Å². The minimum absolute atomic E-state index is 0.0244. The molecule has 0 saturated heterocycles. The van der Waals surface area contributed by atoms with Crippen LogP contribution in [0.25, 0.3) is 0 Å². The van der Waals surface area contributed by atoms with Gasteiger partial charge in [-0.3, -0.25) is 4.79 Å². The molecule has 0 saturated carbocycles. The number of carbonyl (C=O) groups is 1. The van der Waals surface area contributed by atoms with Crippen molar-refractivity contribution >= 4 is 5.91 Å². The molecule has 2 aromatic rings. The fourth-order valence-corrected chi connectivity index (χ4v) is 1.94. The van der Waals surface area contributed by atoms with Crippen molar-refractivity contribution in [2.24, 2.45) is 0 Å². The zero-order valence-corrected chi connectivity index (χ0v) is 13.4. The van der Waals surface area contributed by atoms with E-state index in [0.29, 0.717) is 18.9 Å². The summed E-state index contributed by atoms with van der Waals surface area (Å²) in [4.78, 5) is 11.8. The number of hydrogen-bond donors (Lipinski definition) is 1. The lowest BCUT2D eigenvalue weighted by molar-refractivity contribution is -0.123. The zero-order chi connectivity index (χ0) is 16.5. The second kappa shape index (κ2) is 8.68. The summed E-state index contributed by atoms with van der Waals surface area (Å²) in [6.45, 7) is 3.01. The molecular formula is C18H21NO4. The molecule has 0 aliphatic carbocycles. The van der Waals surface area contributed by atoms with Crippen LogP contribution in [0, 0.1) is 0 Å². The highest BCUT2D eigenvalue weighted by Crippen LogP contribution is 2.16. The lowest BCUT2D eigenvalue weighted by atomic mass is 10.2. The molecule has 122 valence electrons. The van der Waals surface area contributed by atoms with Gasteiger partial charge in [-0.15, -0.1) is 0 Å². The second-order valence-electron chi connectivity index (χ2n) is 4.82. The van der Waals surface area contributed by atoms with Gasteiger partial charge in [0.25, 0.3) is 5.91 Å². The third kappa shape index (κ3) is 5.54. The Morgan fingerprint density at radius 1 is 0.913 bits per heavy atom. The first-order valence-corrected chi connectivity index (χ1v) is 7.46. The van der Waals surface area contributed by atoms with Crippen LogP contribution in [0.2, 0.25) is 0 Å². The average molecular weight is 315 g/mol. The maximum atomic E-state index is 11.8. The van der Waals surface area contributed by atoms with E-state index in [2.05, 4.69) is 5.32 Å². The summed E-state index contributed by atoms with van der Waals surface area (Å²) in [5.74, 6) is 2.03. The Kier molecular flexibility index (Phi) is 6.29. The lowest BCUT2D eigenvalue weighted by Gasteiger charge is -2.09. The summed E-state index contributed by atoms with van der Waals surface area (Å²) in [6.07, 6.45) is 0. The number of ether oxygens (including phenoxy) is 3. The molecule has 0 atom stereocenters. The molecule has 1 N–H and O–H groups in total. The third-order valence-electron chi connectivity index (χ3n) is 3.15. The van der Waals surface area contributed by atoms with Gasteiger partial charge in [0, 0.05) is 6.54 Å². The summed E-state index contributed by atoms with van der Waals surface area (Å²) in [5, 5.41) is 2.81. The predicted octanol–water partition coefficient (Wildman–Crippen LogP) is 2.79. The van der Waals surface area contributed by atoms with Crippen molar-refractivity contribution in [3.8, 4) is 17.2 Å². The maximum absolute atomic E-state index is 11.8. The molecule has 0 bridgehead atoms. The maximum Gasteiger partial charge on any atom is 0.258 e. The normalized spacial score (nSPS) is 10.0. The van der Waals surface area contributed by atoms with E-state index < -0.39 is 0 Å². The topological polar surface area (TPSA) is 56.8 Å². The molecule has 2 aromatic carbocycles. The zero-order valence-electron chi connectivity index (χ0n) is 13.4. The summed E-state index contributed by atoms with van der Waals surface area (Å²) in [5.41, 5.74) is 1.01. The SMILES string of the molecule is CCOc1ccc(CNC(=O)COc2ccc(OC)cc2)cc1. The Hall–Kier alpha value is -2.69. The van der Waals surface area contributed by atoms with E-state index in [1.807, 2.05) is 31.2 Å². The smallest absolute Gasteiger partial charge is 0.258 e. The van der Waals surface area contributed by atoms with E-state index in [1.165, 1.54) is 0 Å². The molecule has 0 radical (unpaired) electrons. The van der Waals surface area contributed by atoms with Crippen LogP contribution in [0.5, 0.6) is 17.2 Å². The first kappa shape index (κ1) is 16.7. The van der Waals surface area contributed by atoms with Crippen LogP contribution in [0.1, 0.15) is 12.5 Å². The van der Waals surface area contributed by atoms with Gasteiger partial charge >= 0.3 is 0 Å². The molecular weight excluding hydrogens is 294 g/mol. The van der Waals surface area contributed by atoms with Gasteiger partial charge in [0.1, 0.15) is 17.2 Å². The molecule has 0 aliphatic rings. The monoisotopic (exact) mass is 315 g/mol. The minimum Gasteiger partial charge on any atom is -0.497 e. The van der Waals surface area contributed by atoms with Gasteiger partial charge in [-0.2, -0.15) is 0 Å². The number of benzene rings is 2. The molecule has 5 heteroatoms. The van der Waals surface area contributed by atoms with Crippen molar-refractivity contribution in [2.75, 3.05) is 20.3 Å². The Bertz CT molecular complexity index is 608. The third-order valence-corrected chi connectivity index (χ3v) is 3.15. The molecule has 0 aliphatic heterocycles. The Labute approximate surface area is 136 Å². The highest BCUT2D eigenvalue weighted by molar-refractivity contribution is 5.77. The largest absolute Gasteiger partial charge is 0.497 e. The molecule has 23 heavy (non-hydrogen) atoms. The van der Waals surface area contributed by atoms with Gasteiger partial charge in [-0.25, -0.2) is 0 Å². The summed E-state index contributed by atoms with van der Waals surface area (Å²) in [6, 6.07) is 14.7. The van der Waals surface area contributed by atoms with Crippen LogP contribution in [-0.2, 0) is 11.3 Å². The standard InChI is InChI=1S/C18H21NO4/c1-3-22-16-6-4-14(5-7-16)12-19-18(20)13-23-17-10-8-15(21-2)9-11-17/h4-11H,3,12-13H2,1-2H3,(H,19,20). The minimum atomic E-state index is -0.172. The van der Waals surface area contributed by atoms with Crippen molar-refractivity contribution in [1.82, 2.24) is 5.32 Å². The van der Waals surface area contributed by atoms with Crippen LogP contribution in [-0.4, -0.2) is 26.2 Å². The number of carbonyl (C=O) groups excluding carboxylic acids is 1. The van der Waals surface area contributed by atoms with Crippen LogP contribution >= 0.6 is 0 Å². The summed E-state index contributed by atoms with van der Waals surface area (Å²) >= 11 is 0. The Morgan fingerprint density at radius 2 is 1.48 bits per heavy atom. The van der Waals surface area contributed by atoms with Gasteiger partial charge in [-0.1, -0.05) is 12.1 Å². The van der Waals surface area contributed by atoms with E-state index in [9.17, 15) is 4.79 Å². The van der Waals surface area contributed by atoms with E-state index in [-0.39, 0.29) is 12.5 Å². The van der Waals surface area contributed by atoms with Gasteiger partial charge in [0.15, 0.2) is 6.61 Å². The van der Waals surface area contributed by atoms with E-state index in [4.69, 9.17) is 14.2 Å². The highest BCUT2D eigenvalue weighted by atomic mass is 16.5. The molecule has 2 rings (SSSR count). The summed E-state index contributed by atoms with van der Waals surface area (Å²) < 4.78 is 15.9. The number of hydrogen-bond acceptors (Lipinski definition) is 4. The molecule has 0 heterocycles. The summed E-state index contributed by atoms with van der Waals surface area (Å²) in [7, 11) is 1.60. The molecule has 0 unspecified atom stereocenters. The fraction of sp³-hybridized carbons (Fsp3) is 0.278. The second-order valence-corrected chi connectivity index (χ2v) is 4.82.